The molecule has 2 saturated carbocycles. The van der Waals surface area contributed by atoms with E-state index in [1.54, 1.807) is 0 Å². The number of rotatable bonds is 13. The van der Waals surface area contributed by atoms with E-state index in [2.05, 4.69) is 320 Å². The second-order valence-electron chi connectivity index (χ2n) is 37.0. The van der Waals surface area contributed by atoms with Gasteiger partial charge in [-0.1, -0.05) is 157 Å². The van der Waals surface area contributed by atoms with E-state index in [0.29, 0.717) is 29.4 Å². The van der Waals surface area contributed by atoms with Crippen molar-refractivity contribution in [3.63, 3.8) is 0 Å². The third-order valence-corrected chi connectivity index (χ3v) is 23.9. The topological polar surface area (TPSA) is 120 Å². The molecule has 2 aliphatic carbocycles. The van der Waals surface area contributed by atoms with E-state index in [4.69, 9.17) is 32.6 Å². The van der Waals surface area contributed by atoms with Gasteiger partial charge >= 0.3 is 0 Å². The second kappa shape index (κ2) is 33.1. The molecule has 0 N–H and O–H groups in total. The van der Waals surface area contributed by atoms with E-state index >= 15 is 0 Å². The van der Waals surface area contributed by atoms with Crippen molar-refractivity contribution in [2.24, 2.45) is 50.9 Å². The Labute approximate surface area is 686 Å². The Morgan fingerprint density at radius 2 is 0.638 bits per heavy atom. The number of hydrogen-bond acceptors (Lipinski definition) is 8. The minimum Gasteiger partial charge on any atom is -0.437 e. The normalized spacial score (nSPS) is 13.8. The van der Waals surface area contributed by atoms with Gasteiger partial charge in [0.1, 0.15) is 28.2 Å². The number of furan rings is 4. The number of aryl methyl sites for hydroxylation is 10. The fraction of sp³-hybridized carbons (Fsp3) is 0.385. The molecule has 2 aliphatic rings. The van der Waals surface area contributed by atoms with Crippen molar-refractivity contribution in [3.05, 3.63) is 238 Å². The number of hydrogen-bond donors (Lipinski definition) is 0. The van der Waals surface area contributed by atoms with E-state index in [9.17, 15) is 0 Å². The van der Waals surface area contributed by atoms with Crippen LogP contribution in [-0.4, -0.2) is 19.9 Å². The van der Waals surface area contributed by atoms with Crippen LogP contribution < -0.4 is 18.3 Å². The standard InChI is InChI=1S/C28H33N2O.C27H31N2O.C25H29N2O.C24H27N2O/c1-18(2)16-20-14-15-30(4)25(17-20)26-19(3)10-11-22-23-12-13-24(21-8-6-5-7-9-21)29-28(23)31-27(22)26;1-17(2)15-19-13-14-29(4)24(16-19)25-18(3)9-10-21-22-11-12-23(20-7-5-6-8-20)28-27(22)30-26(21)25;1-7-18-9-11-20-19-10-8-16(2)22(23(19)28-24(20)26-18)21-14-17(12-13-27(21)6)15-25(3,4)5;1-15-7-9-18-19-10-8-16(2)25-23(19)27-22(18)21(15)20-13-17(11-12-26(20)6)14-24(3,4)5/h10-15,17-18,21H,5-9,16H2,1-4H3;9-14,16-17,20H,5-8,15H2,1-4H3;8-14H,7,15H2,1-6H3;7-13H,14H2,1-6H3/q4*+1. The lowest BCUT2D eigenvalue weighted by Crippen LogP contribution is -2.31. The molecule has 0 aliphatic heterocycles. The molecule has 596 valence electrons. The summed E-state index contributed by atoms with van der Waals surface area (Å²) >= 11 is 0. The lowest BCUT2D eigenvalue weighted by molar-refractivity contribution is -0.660. The van der Waals surface area contributed by atoms with Gasteiger partial charge in [-0.15, -0.1) is 0 Å². The van der Waals surface area contributed by atoms with Gasteiger partial charge in [0.2, 0.25) is 45.6 Å². The summed E-state index contributed by atoms with van der Waals surface area (Å²) in [6.45, 7) is 35.5. The molecule has 2 fully saturated rings. The van der Waals surface area contributed by atoms with Crippen molar-refractivity contribution < 1.29 is 35.9 Å². The molecule has 16 aromatic rings. The summed E-state index contributed by atoms with van der Waals surface area (Å²) in [5, 5.41) is 8.97. The predicted molar refractivity (Wildman–Crippen MR) is 476 cm³/mol. The smallest absolute Gasteiger partial charge is 0.227 e. The molecule has 0 amide bonds. The Morgan fingerprint density at radius 3 is 0.974 bits per heavy atom. The van der Waals surface area contributed by atoms with Crippen molar-refractivity contribution in [2.45, 2.75) is 213 Å². The monoisotopic (exact) mass is 1540 g/mol. The molecular formula is C104H120N8O4+4. The fourth-order valence-corrected chi connectivity index (χ4v) is 18.1. The lowest BCUT2D eigenvalue weighted by atomic mass is 9.86. The minimum absolute atomic E-state index is 0.248. The number of fused-ring (bicyclic) bond motifs is 12. The van der Waals surface area contributed by atoms with Gasteiger partial charge in [0.15, 0.2) is 47.1 Å². The maximum atomic E-state index is 6.50. The molecule has 18 rings (SSSR count). The summed E-state index contributed by atoms with van der Waals surface area (Å²) in [5.74, 6) is 2.44. The highest BCUT2D eigenvalue weighted by molar-refractivity contribution is 6.12. The zero-order valence-electron chi connectivity index (χ0n) is 72.6. The molecule has 12 heteroatoms. The average molecular weight is 1550 g/mol. The number of nitrogens with zero attached hydrogens (tertiary/aromatic N) is 8. The van der Waals surface area contributed by atoms with Crippen LogP contribution in [0.5, 0.6) is 0 Å². The van der Waals surface area contributed by atoms with Gasteiger partial charge in [0, 0.05) is 126 Å². The first-order valence-electron chi connectivity index (χ1n) is 42.7. The summed E-state index contributed by atoms with van der Waals surface area (Å²) in [6, 6.07) is 53.0. The largest absolute Gasteiger partial charge is 0.437 e. The lowest BCUT2D eigenvalue weighted by Gasteiger charge is -2.20. The van der Waals surface area contributed by atoms with Gasteiger partial charge in [-0.05, 0) is 208 Å². The average Bonchev–Trinajstić information content (AvgIpc) is 1.61. The number of benzene rings is 4. The van der Waals surface area contributed by atoms with Crippen LogP contribution in [0.3, 0.4) is 0 Å². The molecule has 0 spiro atoms. The molecule has 0 unspecified atom stereocenters. The van der Waals surface area contributed by atoms with Gasteiger partial charge in [0.05, 0.1) is 22.3 Å². The zero-order valence-corrected chi connectivity index (χ0v) is 72.6. The molecule has 0 atom stereocenters. The van der Waals surface area contributed by atoms with Crippen LogP contribution in [0.25, 0.3) is 133 Å². The van der Waals surface area contributed by atoms with E-state index in [1.807, 2.05) is 13.0 Å². The Hall–Kier alpha value is -10.7. The number of pyridine rings is 8. The van der Waals surface area contributed by atoms with Gasteiger partial charge in [0.25, 0.3) is 0 Å². The second-order valence-corrected chi connectivity index (χ2v) is 37.0. The van der Waals surface area contributed by atoms with Crippen LogP contribution in [0.4, 0.5) is 0 Å². The van der Waals surface area contributed by atoms with Crippen molar-refractivity contribution in [1.29, 1.82) is 0 Å². The molecule has 116 heavy (non-hydrogen) atoms. The van der Waals surface area contributed by atoms with E-state index in [1.165, 1.54) is 148 Å². The molecule has 12 heterocycles. The molecular weight excluding hydrogens is 1430 g/mol. The quantitative estimate of drug-likeness (QED) is 0.105. The highest BCUT2D eigenvalue weighted by Crippen LogP contribution is 2.44. The minimum atomic E-state index is 0.248. The Balaban J connectivity index is 0.000000122. The number of aromatic nitrogens is 8. The molecule has 4 aromatic carbocycles. The molecule has 12 nitrogen and oxygen atoms in total. The molecule has 0 saturated heterocycles. The van der Waals surface area contributed by atoms with E-state index in [0.717, 1.165) is 137 Å². The van der Waals surface area contributed by atoms with Crippen molar-refractivity contribution in [1.82, 2.24) is 19.9 Å². The maximum absolute atomic E-state index is 6.50. The van der Waals surface area contributed by atoms with Crippen molar-refractivity contribution in [3.8, 4) is 45.0 Å². The van der Waals surface area contributed by atoms with Crippen LogP contribution >= 0.6 is 0 Å². The van der Waals surface area contributed by atoms with Gasteiger partial charge in [-0.3, -0.25) is 0 Å². The van der Waals surface area contributed by atoms with Crippen LogP contribution in [0.1, 0.15) is 213 Å². The Kier molecular flexibility index (Phi) is 23.0. The van der Waals surface area contributed by atoms with Crippen LogP contribution in [0.2, 0.25) is 0 Å². The highest BCUT2D eigenvalue weighted by atomic mass is 16.4. The van der Waals surface area contributed by atoms with Gasteiger partial charge in [-0.2, -0.15) is 0 Å². The van der Waals surface area contributed by atoms with Gasteiger partial charge in [-0.25, -0.2) is 38.2 Å². The first kappa shape index (κ1) is 80.5. The van der Waals surface area contributed by atoms with Crippen LogP contribution in [0.15, 0.2) is 188 Å². The molecule has 0 radical (unpaired) electrons. The maximum Gasteiger partial charge on any atom is 0.227 e. The summed E-state index contributed by atoms with van der Waals surface area (Å²) in [7, 11) is 8.44. The summed E-state index contributed by atoms with van der Waals surface area (Å²) in [5.41, 5.74) is 31.5. The Morgan fingerprint density at radius 1 is 0.345 bits per heavy atom. The van der Waals surface area contributed by atoms with E-state index < -0.39 is 0 Å². The van der Waals surface area contributed by atoms with Crippen molar-refractivity contribution in [2.75, 3.05) is 0 Å². The van der Waals surface area contributed by atoms with Crippen LogP contribution in [-0.2, 0) is 60.3 Å². The first-order valence-corrected chi connectivity index (χ1v) is 42.7. The summed E-state index contributed by atoms with van der Waals surface area (Å²) in [6.07, 6.45) is 25.4. The highest BCUT2D eigenvalue weighted by Gasteiger charge is 2.30. The summed E-state index contributed by atoms with van der Waals surface area (Å²) in [4.78, 5) is 19.3. The zero-order chi connectivity index (χ0) is 81.8. The SMILES string of the molecule is CCc1ccc2c(n1)oc1c(-c3cc(CC(C)(C)C)cc[n+]3C)c(C)ccc12.Cc1ccc2c(n1)oc1c(-c3cc(CC(C)(C)C)cc[n+]3C)c(C)ccc12.Cc1ccc2c(oc3nc(C4CCCC4)ccc32)c1-c1cc(CC(C)C)cc[n+]1C.Cc1ccc2c(oc3nc(C4CCCCC4)ccc32)c1-c1cc(CC(C)C)cc[n+]1C. The molecule has 12 aromatic heterocycles. The third kappa shape index (κ3) is 17.0. The van der Waals surface area contributed by atoms with Gasteiger partial charge < -0.3 is 17.7 Å². The molecule has 0 bridgehead atoms. The van der Waals surface area contributed by atoms with Crippen molar-refractivity contribution >= 4 is 88.3 Å². The predicted octanol–water partition coefficient (Wildman–Crippen LogP) is 25.3. The van der Waals surface area contributed by atoms with Crippen LogP contribution in [0, 0.1) is 57.3 Å². The fourth-order valence-electron chi connectivity index (χ4n) is 18.1. The third-order valence-electron chi connectivity index (χ3n) is 23.9. The van der Waals surface area contributed by atoms with E-state index in [-0.39, 0.29) is 10.8 Å². The summed E-state index contributed by atoms with van der Waals surface area (Å²) < 4.78 is 34.4. The Bertz CT molecular complexity index is 6350. The first-order chi connectivity index (χ1) is 55.5.